The number of sulfonamides is 1. The highest BCUT2D eigenvalue weighted by atomic mass is 35.5. The fourth-order valence-corrected chi connectivity index (χ4v) is 2.28. The smallest absolute Gasteiger partial charge is 0.260 e. The van der Waals surface area contributed by atoms with E-state index in [2.05, 4.69) is 5.32 Å². The molecule has 0 aliphatic rings. The van der Waals surface area contributed by atoms with Crippen LogP contribution in [0.3, 0.4) is 0 Å². The number of hydrogen-bond acceptors (Lipinski definition) is 4. The predicted molar refractivity (Wildman–Crippen MR) is 80.8 cm³/mol. The number of rotatable bonds is 6. The molecule has 0 bridgehead atoms. The number of primary sulfonamides is 1. The van der Waals surface area contributed by atoms with Gasteiger partial charge in [-0.15, -0.1) is 0 Å². The number of carbonyl (C=O) groups excluding carboxylic acids is 1. The Kier molecular flexibility index (Phi) is 6.00. The van der Waals surface area contributed by atoms with Gasteiger partial charge < -0.3 is 10.1 Å². The van der Waals surface area contributed by atoms with Crippen LogP contribution >= 0.6 is 11.6 Å². The lowest BCUT2D eigenvalue weighted by molar-refractivity contribution is -0.127. The summed E-state index contributed by atoms with van der Waals surface area (Å²) in [4.78, 5) is 11.7. The van der Waals surface area contributed by atoms with E-state index in [1.165, 1.54) is 18.2 Å². The second kappa shape index (κ2) is 7.11. The van der Waals surface area contributed by atoms with E-state index in [-0.39, 0.29) is 21.6 Å². The maximum atomic E-state index is 11.8. The summed E-state index contributed by atoms with van der Waals surface area (Å²) in [5.41, 5.74) is 0. The number of benzene rings is 1. The van der Waals surface area contributed by atoms with Gasteiger partial charge in [0, 0.05) is 6.54 Å². The van der Waals surface area contributed by atoms with Gasteiger partial charge in [-0.05, 0) is 31.0 Å². The maximum Gasteiger partial charge on any atom is 0.260 e. The third-order valence-corrected chi connectivity index (χ3v) is 3.80. The molecule has 1 aromatic rings. The molecule has 8 heteroatoms. The molecular formula is C13H19ClN2O4S. The summed E-state index contributed by atoms with van der Waals surface area (Å²) in [6.07, 6.45) is -0.749. The van der Waals surface area contributed by atoms with Crippen LogP contribution in [0.15, 0.2) is 23.1 Å². The van der Waals surface area contributed by atoms with Crippen LogP contribution in [0, 0.1) is 5.92 Å². The zero-order chi connectivity index (χ0) is 16.2. The Balaban J connectivity index is 2.77. The molecule has 1 unspecified atom stereocenters. The van der Waals surface area contributed by atoms with Crippen LogP contribution in [-0.2, 0) is 14.8 Å². The van der Waals surface area contributed by atoms with Crippen LogP contribution < -0.4 is 15.2 Å². The highest BCUT2D eigenvalue weighted by Crippen LogP contribution is 2.27. The van der Waals surface area contributed by atoms with Crippen molar-refractivity contribution in [2.75, 3.05) is 6.54 Å². The van der Waals surface area contributed by atoms with Gasteiger partial charge in [0.25, 0.3) is 5.91 Å². The Labute approximate surface area is 129 Å². The Morgan fingerprint density at radius 3 is 2.48 bits per heavy atom. The summed E-state index contributed by atoms with van der Waals surface area (Å²) in [5.74, 6) is 0.283. The Hall–Kier alpha value is -1.31. The van der Waals surface area contributed by atoms with E-state index in [1.807, 2.05) is 13.8 Å². The monoisotopic (exact) mass is 334 g/mol. The Morgan fingerprint density at radius 2 is 2.00 bits per heavy atom. The highest BCUT2D eigenvalue weighted by Gasteiger charge is 2.17. The molecule has 0 aliphatic heterocycles. The average molecular weight is 335 g/mol. The van der Waals surface area contributed by atoms with Crippen LogP contribution in [0.25, 0.3) is 0 Å². The van der Waals surface area contributed by atoms with Crippen molar-refractivity contribution in [2.24, 2.45) is 11.1 Å². The minimum absolute atomic E-state index is 0.0741. The molecule has 0 aromatic heterocycles. The molecule has 1 atom stereocenters. The highest BCUT2D eigenvalue weighted by molar-refractivity contribution is 7.89. The first-order valence-corrected chi connectivity index (χ1v) is 8.30. The fourth-order valence-electron chi connectivity index (χ4n) is 1.45. The number of carbonyl (C=O) groups is 1. The Bertz CT molecular complexity index is 617. The first-order chi connectivity index (χ1) is 9.61. The van der Waals surface area contributed by atoms with Gasteiger partial charge in [-0.25, -0.2) is 13.6 Å². The molecule has 1 rings (SSSR count). The van der Waals surface area contributed by atoms with Crippen LogP contribution in [0.2, 0.25) is 5.02 Å². The van der Waals surface area contributed by atoms with Crippen molar-refractivity contribution < 1.29 is 17.9 Å². The number of nitrogens with one attached hydrogen (secondary N) is 1. The average Bonchev–Trinajstić information content (AvgIpc) is 2.36. The third kappa shape index (κ3) is 5.53. The van der Waals surface area contributed by atoms with E-state index < -0.39 is 16.1 Å². The van der Waals surface area contributed by atoms with Crippen molar-refractivity contribution in [3.63, 3.8) is 0 Å². The maximum absolute atomic E-state index is 11.8. The second-order valence-corrected chi connectivity index (χ2v) is 7.00. The van der Waals surface area contributed by atoms with Crippen LogP contribution in [0.4, 0.5) is 0 Å². The van der Waals surface area contributed by atoms with Gasteiger partial charge in [0.15, 0.2) is 6.10 Å². The van der Waals surface area contributed by atoms with Crippen molar-refractivity contribution in [1.29, 1.82) is 0 Å². The first kappa shape index (κ1) is 17.7. The van der Waals surface area contributed by atoms with Gasteiger partial charge in [-0.1, -0.05) is 25.4 Å². The van der Waals surface area contributed by atoms with Crippen molar-refractivity contribution in [1.82, 2.24) is 5.32 Å². The van der Waals surface area contributed by atoms with E-state index in [0.717, 1.165) is 0 Å². The number of amides is 1. The zero-order valence-corrected chi connectivity index (χ0v) is 13.7. The molecule has 1 amide bonds. The molecule has 118 valence electrons. The number of hydrogen-bond donors (Lipinski definition) is 2. The third-order valence-electron chi connectivity index (χ3n) is 2.59. The molecule has 0 heterocycles. The van der Waals surface area contributed by atoms with Gasteiger partial charge in [0.1, 0.15) is 5.75 Å². The standard InChI is InChI=1S/C13H19ClN2O4S/c1-8(2)7-16-13(17)9(3)20-12-5-4-10(6-11(12)14)21(15,18)19/h4-6,8-9H,7H2,1-3H3,(H,16,17)(H2,15,18,19). The lowest BCUT2D eigenvalue weighted by atomic mass is 10.2. The lowest BCUT2D eigenvalue weighted by Crippen LogP contribution is -2.38. The normalized spacial score (nSPS) is 13.0. The summed E-state index contributed by atoms with van der Waals surface area (Å²) in [6.45, 7) is 6.09. The first-order valence-electron chi connectivity index (χ1n) is 6.38. The minimum atomic E-state index is -3.82. The van der Waals surface area contributed by atoms with Crippen LogP contribution in [-0.4, -0.2) is 27.0 Å². The molecular weight excluding hydrogens is 316 g/mol. The molecule has 0 radical (unpaired) electrons. The minimum Gasteiger partial charge on any atom is -0.479 e. The van der Waals surface area contributed by atoms with E-state index in [9.17, 15) is 13.2 Å². The van der Waals surface area contributed by atoms with E-state index >= 15 is 0 Å². The van der Waals surface area contributed by atoms with Crippen molar-refractivity contribution in [3.8, 4) is 5.75 Å². The number of nitrogens with two attached hydrogens (primary N) is 1. The van der Waals surface area contributed by atoms with E-state index in [0.29, 0.717) is 12.5 Å². The Morgan fingerprint density at radius 1 is 1.38 bits per heavy atom. The van der Waals surface area contributed by atoms with Crippen molar-refractivity contribution >= 4 is 27.5 Å². The summed E-state index contributed by atoms with van der Waals surface area (Å²) in [6, 6.07) is 3.83. The van der Waals surface area contributed by atoms with Crippen LogP contribution in [0.5, 0.6) is 5.75 Å². The summed E-state index contributed by atoms with van der Waals surface area (Å²) < 4.78 is 27.8. The molecule has 0 saturated carbocycles. The summed E-state index contributed by atoms with van der Waals surface area (Å²) >= 11 is 5.94. The van der Waals surface area contributed by atoms with Gasteiger partial charge in [0.05, 0.1) is 9.92 Å². The largest absolute Gasteiger partial charge is 0.479 e. The molecule has 0 aliphatic carbocycles. The van der Waals surface area contributed by atoms with E-state index in [1.54, 1.807) is 6.92 Å². The van der Waals surface area contributed by atoms with Gasteiger partial charge >= 0.3 is 0 Å². The lowest BCUT2D eigenvalue weighted by Gasteiger charge is -2.16. The molecule has 21 heavy (non-hydrogen) atoms. The van der Waals surface area contributed by atoms with Gasteiger partial charge in [-0.2, -0.15) is 0 Å². The van der Waals surface area contributed by atoms with Gasteiger partial charge in [0.2, 0.25) is 10.0 Å². The fraction of sp³-hybridized carbons (Fsp3) is 0.462. The molecule has 0 fully saturated rings. The van der Waals surface area contributed by atoms with Crippen molar-refractivity contribution in [3.05, 3.63) is 23.2 Å². The topological polar surface area (TPSA) is 98.5 Å². The molecule has 3 N–H and O–H groups in total. The van der Waals surface area contributed by atoms with E-state index in [4.69, 9.17) is 21.5 Å². The van der Waals surface area contributed by atoms with Crippen LogP contribution in [0.1, 0.15) is 20.8 Å². The second-order valence-electron chi connectivity index (χ2n) is 5.04. The predicted octanol–water partition coefficient (Wildman–Crippen LogP) is 1.53. The zero-order valence-electron chi connectivity index (χ0n) is 12.1. The molecule has 6 nitrogen and oxygen atoms in total. The van der Waals surface area contributed by atoms with Crippen molar-refractivity contribution in [2.45, 2.75) is 31.8 Å². The number of halogens is 1. The number of ether oxygens (including phenoxy) is 1. The summed E-state index contributed by atoms with van der Waals surface area (Å²) in [5, 5.41) is 7.81. The molecule has 0 saturated heterocycles. The van der Waals surface area contributed by atoms with Gasteiger partial charge in [-0.3, -0.25) is 4.79 Å². The molecule has 1 aromatic carbocycles. The quantitative estimate of drug-likeness (QED) is 0.824. The SMILES string of the molecule is CC(C)CNC(=O)C(C)Oc1ccc(S(N)(=O)=O)cc1Cl. The molecule has 0 spiro atoms. The summed E-state index contributed by atoms with van der Waals surface area (Å²) in [7, 11) is -3.82.